The summed E-state index contributed by atoms with van der Waals surface area (Å²) in [5, 5.41) is 26.3. The molecule has 1 rings (SSSR count). The highest BCUT2D eigenvalue weighted by Crippen LogP contribution is 2.25. The Balaban J connectivity index is 3.05. The van der Waals surface area contributed by atoms with Gasteiger partial charge in [-0.2, -0.15) is 0 Å². The third-order valence-electron chi connectivity index (χ3n) is 1.27. The third-order valence-corrected chi connectivity index (χ3v) is 1.57. The fraction of sp³-hybridized carbons (Fsp3) is 0.143. The molecule has 1 aromatic carbocycles. The molecule has 0 atom stereocenters. The smallest absolute Gasteiger partial charge is 0.178 e. The molecule has 11 heavy (non-hydrogen) atoms. The lowest BCUT2D eigenvalue weighted by Crippen LogP contribution is -1.93. The summed E-state index contributed by atoms with van der Waals surface area (Å²) in [5.41, 5.74) is 0.257. The molecule has 3 N–H and O–H groups in total. The van der Waals surface area contributed by atoms with Gasteiger partial charge < -0.3 is 15.3 Å². The number of phenols is 1. The monoisotopic (exact) mass is 174 g/mol. The Morgan fingerprint density at radius 2 is 1.91 bits per heavy atom. The van der Waals surface area contributed by atoms with Crippen molar-refractivity contribution in [3.63, 3.8) is 0 Å². The first-order valence-corrected chi connectivity index (χ1v) is 3.33. The van der Waals surface area contributed by atoms with Crippen LogP contribution in [0.1, 0.15) is 11.9 Å². The van der Waals surface area contributed by atoms with Crippen LogP contribution in [-0.2, 0) is 0 Å². The first-order valence-electron chi connectivity index (χ1n) is 2.96. The number of hydrogen-bond donors (Lipinski definition) is 3. The van der Waals surface area contributed by atoms with Crippen LogP contribution in [-0.4, -0.2) is 15.3 Å². The summed E-state index contributed by atoms with van der Waals surface area (Å²) in [6, 6.07) is 3.98. The average Bonchev–Trinajstić information content (AvgIpc) is 1.94. The minimum atomic E-state index is -1.55. The van der Waals surface area contributed by atoms with E-state index in [0.717, 1.165) is 0 Å². The maximum atomic E-state index is 8.93. The van der Waals surface area contributed by atoms with Crippen LogP contribution in [0, 0.1) is 0 Å². The van der Waals surface area contributed by atoms with E-state index in [1.165, 1.54) is 18.2 Å². The molecular weight excluding hydrogens is 168 g/mol. The quantitative estimate of drug-likeness (QED) is 0.558. The number of rotatable bonds is 1. The highest BCUT2D eigenvalue weighted by atomic mass is 35.5. The van der Waals surface area contributed by atoms with Crippen LogP contribution in [0.15, 0.2) is 18.2 Å². The van der Waals surface area contributed by atoms with Crippen molar-refractivity contribution >= 4 is 11.6 Å². The molecular formula is C7H7ClO3. The van der Waals surface area contributed by atoms with Crippen molar-refractivity contribution in [3.8, 4) is 5.75 Å². The zero-order valence-corrected chi connectivity index (χ0v) is 6.28. The summed E-state index contributed by atoms with van der Waals surface area (Å²) >= 11 is 5.49. The van der Waals surface area contributed by atoms with E-state index >= 15 is 0 Å². The first kappa shape index (κ1) is 8.33. The van der Waals surface area contributed by atoms with E-state index in [1.54, 1.807) is 0 Å². The molecule has 0 saturated carbocycles. The number of aliphatic hydroxyl groups is 2. The predicted molar refractivity (Wildman–Crippen MR) is 40.3 cm³/mol. The fourth-order valence-electron chi connectivity index (χ4n) is 0.684. The summed E-state index contributed by atoms with van der Waals surface area (Å²) in [4.78, 5) is 0. The second-order valence-electron chi connectivity index (χ2n) is 2.08. The SMILES string of the molecule is Oc1ccc(C(O)O)cc1Cl. The summed E-state index contributed by atoms with van der Waals surface area (Å²) in [6.45, 7) is 0. The Bertz CT molecular complexity index is 260. The molecule has 0 amide bonds. The van der Waals surface area contributed by atoms with Gasteiger partial charge in [-0.05, 0) is 12.1 Å². The molecule has 1 aromatic rings. The second-order valence-corrected chi connectivity index (χ2v) is 2.49. The van der Waals surface area contributed by atoms with Gasteiger partial charge in [0.05, 0.1) is 5.02 Å². The van der Waals surface area contributed by atoms with Gasteiger partial charge in [-0.25, -0.2) is 0 Å². The van der Waals surface area contributed by atoms with Crippen molar-refractivity contribution in [1.29, 1.82) is 0 Å². The molecule has 0 fully saturated rings. The number of aliphatic hydroxyl groups excluding tert-OH is 1. The van der Waals surface area contributed by atoms with Crippen LogP contribution >= 0.6 is 11.6 Å². The molecule has 0 aliphatic rings. The van der Waals surface area contributed by atoms with Gasteiger partial charge in [-0.3, -0.25) is 0 Å². The van der Waals surface area contributed by atoms with Crippen molar-refractivity contribution in [1.82, 2.24) is 0 Å². The molecule has 0 aliphatic carbocycles. The standard InChI is InChI=1S/C7H7ClO3/c8-5-3-4(7(10)11)1-2-6(5)9/h1-3,7,9-11H. The first-order chi connectivity index (χ1) is 5.11. The molecule has 0 bridgehead atoms. The van der Waals surface area contributed by atoms with E-state index in [9.17, 15) is 0 Å². The van der Waals surface area contributed by atoms with Gasteiger partial charge in [0.2, 0.25) is 0 Å². The lowest BCUT2D eigenvalue weighted by molar-refractivity contribution is -0.0424. The van der Waals surface area contributed by atoms with E-state index in [0.29, 0.717) is 0 Å². The van der Waals surface area contributed by atoms with Gasteiger partial charge in [-0.1, -0.05) is 17.7 Å². The molecule has 0 spiro atoms. The molecule has 0 aromatic heterocycles. The molecule has 0 aliphatic heterocycles. The summed E-state index contributed by atoms with van der Waals surface area (Å²) in [5.74, 6) is -0.0731. The second kappa shape index (κ2) is 3.09. The zero-order chi connectivity index (χ0) is 8.43. The fourth-order valence-corrected chi connectivity index (χ4v) is 0.873. The number of halogens is 1. The minimum absolute atomic E-state index is 0.0731. The average molecular weight is 175 g/mol. The Labute approximate surface area is 68.5 Å². The Hall–Kier alpha value is -0.770. The van der Waals surface area contributed by atoms with Crippen LogP contribution < -0.4 is 0 Å². The van der Waals surface area contributed by atoms with E-state index in [2.05, 4.69) is 0 Å². The van der Waals surface area contributed by atoms with Crippen molar-refractivity contribution in [2.24, 2.45) is 0 Å². The van der Waals surface area contributed by atoms with E-state index in [-0.39, 0.29) is 16.3 Å². The third kappa shape index (κ3) is 1.83. The lowest BCUT2D eigenvalue weighted by atomic mass is 10.2. The lowest BCUT2D eigenvalue weighted by Gasteiger charge is -2.03. The molecule has 60 valence electrons. The van der Waals surface area contributed by atoms with Crippen LogP contribution in [0.5, 0.6) is 5.75 Å². The number of benzene rings is 1. The summed E-state index contributed by atoms with van der Waals surface area (Å²) in [6.07, 6.45) is -1.55. The highest BCUT2D eigenvalue weighted by molar-refractivity contribution is 6.32. The zero-order valence-electron chi connectivity index (χ0n) is 5.53. The van der Waals surface area contributed by atoms with Gasteiger partial charge in [0, 0.05) is 5.56 Å². The predicted octanol–water partition coefficient (Wildman–Crippen LogP) is 1.03. The van der Waals surface area contributed by atoms with Crippen LogP contribution in [0.2, 0.25) is 5.02 Å². The topological polar surface area (TPSA) is 60.7 Å². The normalized spacial score (nSPS) is 10.5. The number of aromatic hydroxyl groups is 1. The van der Waals surface area contributed by atoms with Crippen molar-refractivity contribution in [2.75, 3.05) is 0 Å². The van der Waals surface area contributed by atoms with Crippen LogP contribution in [0.3, 0.4) is 0 Å². The Morgan fingerprint density at radius 3 is 2.36 bits per heavy atom. The number of phenolic OH excluding ortho intramolecular Hbond substituents is 1. The van der Waals surface area contributed by atoms with Crippen LogP contribution in [0.4, 0.5) is 0 Å². The van der Waals surface area contributed by atoms with Gasteiger partial charge in [0.1, 0.15) is 5.75 Å². The highest BCUT2D eigenvalue weighted by Gasteiger charge is 2.04. The van der Waals surface area contributed by atoms with Crippen molar-refractivity contribution in [2.45, 2.75) is 6.29 Å². The van der Waals surface area contributed by atoms with Crippen molar-refractivity contribution < 1.29 is 15.3 Å². The number of hydrogen-bond acceptors (Lipinski definition) is 3. The summed E-state index contributed by atoms with van der Waals surface area (Å²) < 4.78 is 0. The van der Waals surface area contributed by atoms with Crippen LogP contribution in [0.25, 0.3) is 0 Å². The summed E-state index contributed by atoms with van der Waals surface area (Å²) in [7, 11) is 0. The van der Waals surface area contributed by atoms with Crippen molar-refractivity contribution in [3.05, 3.63) is 28.8 Å². The van der Waals surface area contributed by atoms with Gasteiger partial charge in [-0.15, -0.1) is 0 Å². The molecule has 3 nitrogen and oxygen atoms in total. The van der Waals surface area contributed by atoms with E-state index < -0.39 is 6.29 Å². The van der Waals surface area contributed by atoms with Gasteiger partial charge in [0.25, 0.3) is 0 Å². The van der Waals surface area contributed by atoms with Gasteiger partial charge >= 0.3 is 0 Å². The molecule has 0 heterocycles. The van der Waals surface area contributed by atoms with E-state index in [4.69, 9.17) is 26.9 Å². The largest absolute Gasteiger partial charge is 0.506 e. The van der Waals surface area contributed by atoms with Gasteiger partial charge in [0.15, 0.2) is 6.29 Å². The molecule has 0 radical (unpaired) electrons. The molecule has 0 saturated heterocycles. The Kier molecular flexibility index (Phi) is 2.34. The minimum Gasteiger partial charge on any atom is -0.506 e. The maximum absolute atomic E-state index is 8.93. The molecule has 4 heteroatoms. The maximum Gasteiger partial charge on any atom is 0.178 e. The Morgan fingerprint density at radius 1 is 1.27 bits per heavy atom. The molecule has 0 unspecified atom stereocenters. The van der Waals surface area contributed by atoms with E-state index in [1.807, 2.05) is 0 Å².